The summed E-state index contributed by atoms with van der Waals surface area (Å²) in [7, 11) is -3.74. The maximum Gasteiger partial charge on any atom is 0.293 e. The summed E-state index contributed by atoms with van der Waals surface area (Å²) in [6, 6.07) is 13.4. The van der Waals surface area contributed by atoms with E-state index in [-0.39, 0.29) is 22.6 Å². The van der Waals surface area contributed by atoms with E-state index in [4.69, 9.17) is 9.56 Å². The fraction of sp³-hybridized carbons (Fsp3) is 0.0526. The van der Waals surface area contributed by atoms with Crippen LogP contribution >= 0.6 is 23.1 Å². The quantitative estimate of drug-likeness (QED) is 0.595. The second-order valence-corrected chi connectivity index (χ2v) is 9.79. The number of furan rings is 1. The van der Waals surface area contributed by atoms with E-state index in [1.165, 1.54) is 29.7 Å². The Balaban J connectivity index is 1.53. The van der Waals surface area contributed by atoms with Crippen molar-refractivity contribution in [2.45, 2.75) is 11.4 Å². The second-order valence-electron chi connectivity index (χ2n) is 6.12. The number of nitrogens with zero attached hydrogens (tertiary/aromatic N) is 1. The molecule has 1 saturated heterocycles. The summed E-state index contributed by atoms with van der Waals surface area (Å²) in [5.41, 5.74) is 0.827. The molecule has 7 nitrogen and oxygen atoms in total. The number of rotatable bonds is 5. The molecule has 0 radical (unpaired) electrons. The van der Waals surface area contributed by atoms with Crippen molar-refractivity contribution >= 4 is 50.3 Å². The van der Waals surface area contributed by atoms with Crippen LogP contribution in [0.4, 0.5) is 4.79 Å². The molecular weight excluding hydrogens is 432 g/mol. The molecule has 29 heavy (non-hydrogen) atoms. The van der Waals surface area contributed by atoms with Gasteiger partial charge >= 0.3 is 0 Å². The molecule has 1 fully saturated rings. The van der Waals surface area contributed by atoms with Gasteiger partial charge in [-0.3, -0.25) is 14.5 Å². The van der Waals surface area contributed by atoms with Crippen LogP contribution in [0.3, 0.4) is 0 Å². The van der Waals surface area contributed by atoms with E-state index in [0.29, 0.717) is 10.7 Å². The molecular formula is C19H14N2O5S3. The lowest BCUT2D eigenvalue weighted by atomic mass is 10.2. The van der Waals surface area contributed by atoms with Crippen molar-refractivity contribution in [2.75, 3.05) is 0 Å². The van der Waals surface area contributed by atoms with Crippen molar-refractivity contribution < 1.29 is 22.4 Å². The Labute approximate surface area is 174 Å². The van der Waals surface area contributed by atoms with Gasteiger partial charge in [-0.25, -0.2) is 13.6 Å². The molecule has 0 bridgehead atoms. The van der Waals surface area contributed by atoms with Gasteiger partial charge in [-0.15, -0.1) is 11.3 Å². The van der Waals surface area contributed by atoms with E-state index in [2.05, 4.69) is 0 Å². The molecule has 4 rings (SSSR count). The second kappa shape index (κ2) is 7.64. The fourth-order valence-corrected chi connectivity index (χ4v) is 5.09. The van der Waals surface area contributed by atoms with E-state index in [0.717, 1.165) is 32.0 Å². The van der Waals surface area contributed by atoms with E-state index in [1.54, 1.807) is 30.3 Å². The fourth-order valence-electron chi connectivity index (χ4n) is 2.72. The molecule has 0 spiro atoms. The Hall–Kier alpha value is -2.66. The minimum absolute atomic E-state index is 0.0447. The van der Waals surface area contributed by atoms with Gasteiger partial charge in [0.15, 0.2) is 0 Å². The molecule has 3 heterocycles. The highest BCUT2D eigenvalue weighted by molar-refractivity contribution is 8.18. The Morgan fingerprint density at radius 3 is 2.48 bits per heavy atom. The summed E-state index contributed by atoms with van der Waals surface area (Å²) in [6.07, 6.45) is 3.17. The Kier molecular flexibility index (Phi) is 5.17. The van der Waals surface area contributed by atoms with Crippen LogP contribution in [0.25, 0.3) is 16.5 Å². The largest absolute Gasteiger partial charge is 0.467 e. The van der Waals surface area contributed by atoms with E-state index in [9.17, 15) is 18.0 Å². The topological polar surface area (TPSA) is 111 Å². The first kappa shape index (κ1) is 19.6. The van der Waals surface area contributed by atoms with Crippen LogP contribution < -0.4 is 5.14 Å². The number of carbonyl (C=O) groups excluding carboxylic acids is 2. The lowest BCUT2D eigenvalue weighted by Crippen LogP contribution is -2.27. The molecule has 2 N–H and O–H groups in total. The van der Waals surface area contributed by atoms with Crippen molar-refractivity contribution in [1.82, 2.24) is 4.90 Å². The zero-order chi connectivity index (χ0) is 20.6. The van der Waals surface area contributed by atoms with Gasteiger partial charge in [0.1, 0.15) is 5.76 Å². The number of primary sulfonamides is 1. The van der Waals surface area contributed by atoms with Gasteiger partial charge in [0.2, 0.25) is 10.0 Å². The summed E-state index contributed by atoms with van der Waals surface area (Å²) >= 11 is 2.32. The molecule has 1 aliphatic rings. The molecule has 2 aromatic heterocycles. The predicted molar refractivity (Wildman–Crippen MR) is 111 cm³/mol. The molecule has 2 amide bonds. The average molecular weight is 447 g/mol. The number of nitrogens with two attached hydrogens (primary N) is 1. The third-order valence-electron chi connectivity index (χ3n) is 4.14. The van der Waals surface area contributed by atoms with Crippen molar-refractivity contribution in [3.8, 4) is 10.4 Å². The number of carbonyl (C=O) groups is 2. The number of thioether (sulfide) groups is 1. The summed E-state index contributed by atoms with van der Waals surface area (Å²) < 4.78 is 27.9. The maximum atomic E-state index is 12.6. The normalized spacial score (nSPS) is 16.2. The van der Waals surface area contributed by atoms with Crippen molar-refractivity contribution in [3.63, 3.8) is 0 Å². The molecule has 1 aliphatic heterocycles. The van der Waals surface area contributed by atoms with Crippen LogP contribution in [0.5, 0.6) is 0 Å². The van der Waals surface area contributed by atoms with Crippen LogP contribution in [0.2, 0.25) is 0 Å². The Morgan fingerprint density at radius 1 is 1.07 bits per heavy atom. The van der Waals surface area contributed by atoms with Gasteiger partial charge in [-0.05, 0) is 59.8 Å². The number of hydrogen-bond donors (Lipinski definition) is 1. The number of sulfonamides is 1. The van der Waals surface area contributed by atoms with Gasteiger partial charge in [-0.2, -0.15) is 0 Å². The van der Waals surface area contributed by atoms with Crippen LogP contribution in [0.1, 0.15) is 10.6 Å². The molecule has 0 saturated carbocycles. The molecule has 3 aromatic rings. The van der Waals surface area contributed by atoms with Crippen molar-refractivity contribution in [1.29, 1.82) is 0 Å². The first-order chi connectivity index (χ1) is 13.8. The summed E-state index contributed by atoms with van der Waals surface area (Å²) in [4.78, 5) is 28.0. The highest BCUT2D eigenvalue weighted by atomic mass is 32.2. The third kappa shape index (κ3) is 4.20. The first-order valence-corrected chi connectivity index (χ1v) is 11.5. The summed E-state index contributed by atoms with van der Waals surface area (Å²) in [5, 5.41) is 4.77. The zero-order valence-corrected chi connectivity index (χ0v) is 17.2. The molecule has 0 unspecified atom stereocenters. The molecule has 148 valence electrons. The maximum absolute atomic E-state index is 12.6. The SMILES string of the molecule is NS(=O)(=O)c1ccc(-c2ccc(/C=C3/SC(=O)N(Cc4ccco4)C3=O)s2)cc1. The minimum Gasteiger partial charge on any atom is -0.467 e. The number of amides is 2. The highest BCUT2D eigenvalue weighted by Crippen LogP contribution is 2.36. The van der Waals surface area contributed by atoms with Gasteiger partial charge < -0.3 is 4.42 Å². The Bertz CT molecular complexity index is 1210. The molecule has 0 aliphatic carbocycles. The van der Waals surface area contributed by atoms with Crippen LogP contribution in [-0.4, -0.2) is 24.5 Å². The number of benzene rings is 1. The summed E-state index contributed by atoms with van der Waals surface area (Å²) in [5.74, 6) is 0.179. The van der Waals surface area contributed by atoms with Gasteiger partial charge in [0.25, 0.3) is 11.1 Å². The van der Waals surface area contributed by atoms with Crippen LogP contribution in [0, 0.1) is 0 Å². The Morgan fingerprint density at radius 2 is 1.83 bits per heavy atom. The molecule has 1 aromatic carbocycles. The van der Waals surface area contributed by atoms with Gasteiger partial charge in [0.05, 0.1) is 22.6 Å². The monoisotopic (exact) mass is 446 g/mol. The highest BCUT2D eigenvalue weighted by Gasteiger charge is 2.35. The smallest absolute Gasteiger partial charge is 0.293 e. The molecule has 10 heteroatoms. The van der Waals surface area contributed by atoms with Crippen molar-refractivity contribution in [2.24, 2.45) is 5.14 Å². The van der Waals surface area contributed by atoms with E-state index in [1.807, 2.05) is 12.1 Å². The van der Waals surface area contributed by atoms with Crippen LogP contribution in [-0.2, 0) is 21.4 Å². The van der Waals surface area contributed by atoms with Crippen molar-refractivity contribution in [3.05, 3.63) is 70.3 Å². The lowest BCUT2D eigenvalue weighted by Gasteiger charge is -2.09. The van der Waals surface area contributed by atoms with E-state index >= 15 is 0 Å². The lowest BCUT2D eigenvalue weighted by molar-refractivity contribution is -0.123. The summed E-state index contributed by atoms with van der Waals surface area (Å²) in [6.45, 7) is 0.0983. The third-order valence-corrected chi connectivity index (χ3v) is 7.05. The van der Waals surface area contributed by atoms with Gasteiger partial charge in [-0.1, -0.05) is 12.1 Å². The predicted octanol–water partition coefficient (Wildman–Crippen LogP) is 3.89. The minimum atomic E-state index is -3.74. The average Bonchev–Trinajstić information content (AvgIpc) is 3.40. The zero-order valence-electron chi connectivity index (χ0n) is 14.8. The molecule has 0 atom stereocenters. The van der Waals surface area contributed by atoms with Crippen LogP contribution in [0.15, 0.2) is 69.0 Å². The van der Waals surface area contributed by atoms with E-state index < -0.39 is 10.0 Å². The number of hydrogen-bond acceptors (Lipinski definition) is 7. The number of imide groups is 1. The number of thiophene rings is 1. The standard InChI is InChI=1S/C19H14N2O5S3/c20-29(24,25)15-6-3-12(4-7-15)16-8-5-14(27-16)10-17-18(22)21(19(23)28-17)11-13-2-1-9-26-13/h1-10H,11H2,(H2,20,24,25)/b17-10+. The van der Waals surface area contributed by atoms with Gasteiger partial charge in [0, 0.05) is 9.75 Å². The first-order valence-electron chi connectivity index (χ1n) is 8.32.